The molecule has 136 valence electrons. The van der Waals surface area contributed by atoms with E-state index in [-0.39, 0.29) is 19.0 Å². The van der Waals surface area contributed by atoms with Gasteiger partial charge in [0.2, 0.25) is 5.82 Å². The maximum Gasteiger partial charge on any atom is 0.200 e. The van der Waals surface area contributed by atoms with Crippen LogP contribution < -0.4 is 9.47 Å². The molecule has 0 unspecified atom stereocenters. The monoisotopic (exact) mass is 350 g/mol. The highest BCUT2D eigenvalue weighted by Crippen LogP contribution is 2.19. The summed E-state index contributed by atoms with van der Waals surface area (Å²) in [4.78, 5) is 0. The van der Waals surface area contributed by atoms with E-state index >= 15 is 0 Å². The first-order chi connectivity index (χ1) is 12.2. The lowest BCUT2D eigenvalue weighted by Crippen LogP contribution is -2.04. The van der Waals surface area contributed by atoms with Crippen molar-refractivity contribution in [2.24, 2.45) is 0 Å². The molecule has 5 heteroatoms. The van der Waals surface area contributed by atoms with E-state index < -0.39 is 11.6 Å². The van der Waals surface area contributed by atoms with Crippen LogP contribution in [0.4, 0.5) is 8.78 Å². The summed E-state index contributed by atoms with van der Waals surface area (Å²) >= 11 is 0. The van der Waals surface area contributed by atoms with Gasteiger partial charge >= 0.3 is 0 Å². The molecule has 2 aromatic rings. The van der Waals surface area contributed by atoms with Crippen LogP contribution in [0.15, 0.2) is 42.5 Å². The second kappa shape index (κ2) is 10.7. The van der Waals surface area contributed by atoms with Crippen LogP contribution in [0.1, 0.15) is 31.2 Å². The van der Waals surface area contributed by atoms with Gasteiger partial charge in [0, 0.05) is 13.0 Å². The zero-order valence-corrected chi connectivity index (χ0v) is 14.2. The summed E-state index contributed by atoms with van der Waals surface area (Å²) < 4.78 is 37.5. The molecule has 25 heavy (non-hydrogen) atoms. The second-order valence-corrected chi connectivity index (χ2v) is 5.78. The first-order valence-corrected chi connectivity index (χ1v) is 8.60. The van der Waals surface area contributed by atoms with Gasteiger partial charge in [-0.25, -0.2) is 4.39 Å². The SMILES string of the molecule is OCCCCCCOc1ccc(CCOc2cccc(F)c2F)cc1. The Morgan fingerprint density at radius 3 is 2.32 bits per heavy atom. The minimum Gasteiger partial charge on any atom is -0.494 e. The van der Waals surface area contributed by atoms with Gasteiger partial charge in [0.15, 0.2) is 11.6 Å². The van der Waals surface area contributed by atoms with Gasteiger partial charge in [-0.05, 0) is 49.1 Å². The number of benzene rings is 2. The average molecular weight is 350 g/mol. The fourth-order valence-electron chi connectivity index (χ4n) is 2.38. The van der Waals surface area contributed by atoms with Gasteiger partial charge in [-0.3, -0.25) is 0 Å². The van der Waals surface area contributed by atoms with Gasteiger partial charge in [-0.15, -0.1) is 0 Å². The van der Waals surface area contributed by atoms with Crippen LogP contribution in [0.25, 0.3) is 0 Å². The maximum atomic E-state index is 13.5. The molecule has 0 bridgehead atoms. The van der Waals surface area contributed by atoms with Crippen molar-refractivity contribution in [1.82, 2.24) is 0 Å². The van der Waals surface area contributed by atoms with Crippen molar-refractivity contribution in [1.29, 1.82) is 0 Å². The zero-order valence-electron chi connectivity index (χ0n) is 14.2. The molecule has 0 saturated heterocycles. The first-order valence-electron chi connectivity index (χ1n) is 8.60. The first kappa shape index (κ1) is 19.2. The molecule has 0 fully saturated rings. The summed E-state index contributed by atoms with van der Waals surface area (Å²) in [7, 11) is 0. The lowest BCUT2D eigenvalue weighted by molar-refractivity contribution is 0.273. The van der Waals surface area contributed by atoms with Crippen molar-refractivity contribution in [3.05, 3.63) is 59.7 Å². The molecule has 0 atom stereocenters. The maximum absolute atomic E-state index is 13.5. The third-order valence-corrected chi connectivity index (χ3v) is 3.81. The summed E-state index contributed by atoms with van der Waals surface area (Å²) in [5.41, 5.74) is 1.03. The molecular weight excluding hydrogens is 326 g/mol. The number of unbranched alkanes of at least 4 members (excludes halogenated alkanes) is 3. The Morgan fingerprint density at radius 2 is 1.56 bits per heavy atom. The molecule has 0 aliphatic carbocycles. The molecule has 1 N–H and O–H groups in total. The lowest BCUT2D eigenvalue weighted by Gasteiger charge is -2.09. The second-order valence-electron chi connectivity index (χ2n) is 5.78. The molecule has 0 aliphatic rings. The zero-order chi connectivity index (χ0) is 17.9. The molecule has 3 nitrogen and oxygen atoms in total. The van der Waals surface area contributed by atoms with E-state index in [0.717, 1.165) is 43.1 Å². The number of aliphatic hydroxyl groups excluding tert-OH is 1. The molecule has 0 aliphatic heterocycles. The summed E-state index contributed by atoms with van der Waals surface area (Å²) in [6.07, 6.45) is 4.47. The highest BCUT2D eigenvalue weighted by atomic mass is 19.2. The smallest absolute Gasteiger partial charge is 0.200 e. The number of rotatable bonds is 11. The van der Waals surface area contributed by atoms with Crippen LogP contribution in [0.2, 0.25) is 0 Å². The summed E-state index contributed by atoms with van der Waals surface area (Å²) in [5.74, 6) is -1.12. The van der Waals surface area contributed by atoms with Gasteiger partial charge in [-0.1, -0.05) is 24.6 Å². The molecule has 0 saturated carbocycles. The van der Waals surface area contributed by atoms with Crippen LogP contribution in [-0.2, 0) is 6.42 Å². The summed E-state index contributed by atoms with van der Waals surface area (Å²) in [5, 5.41) is 8.70. The average Bonchev–Trinajstić information content (AvgIpc) is 2.63. The molecule has 0 aromatic heterocycles. The van der Waals surface area contributed by atoms with Crippen molar-refractivity contribution in [2.75, 3.05) is 19.8 Å². The standard InChI is InChI=1S/C20H24F2O3/c21-18-6-5-7-19(20(18)22)25-15-12-16-8-10-17(11-9-16)24-14-4-2-1-3-13-23/h5-11,23H,1-4,12-15H2. The van der Waals surface area contributed by atoms with Gasteiger partial charge < -0.3 is 14.6 Å². The number of ether oxygens (including phenoxy) is 2. The highest BCUT2D eigenvalue weighted by molar-refractivity contribution is 5.28. The minimum absolute atomic E-state index is 0.0684. The normalized spacial score (nSPS) is 10.7. The third-order valence-electron chi connectivity index (χ3n) is 3.81. The van der Waals surface area contributed by atoms with E-state index in [0.29, 0.717) is 13.0 Å². The Bertz CT molecular complexity index is 629. The van der Waals surface area contributed by atoms with E-state index in [4.69, 9.17) is 14.6 Å². The fraction of sp³-hybridized carbons (Fsp3) is 0.400. The molecule has 2 rings (SSSR count). The topological polar surface area (TPSA) is 38.7 Å². The van der Waals surface area contributed by atoms with Gasteiger partial charge in [-0.2, -0.15) is 4.39 Å². The predicted octanol–water partition coefficient (Wildman–Crippen LogP) is 4.52. The molecule has 0 heterocycles. The molecule has 0 spiro atoms. The molecule has 0 amide bonds. The van der Waals surface area contributed by atoms with Gasteiger partial charge in [0.25, 0.3) is 0 Å². The number of hydrogen-bond donors (Lipinski definition) is 1. The van der Waals surface area contributed by atoms with Crippen LogP contribution >= 0.6 is 0 Å². The van der Waals surface area contributed by atoms with Crippen molar-refractivity contribution in [2.45, 2.75) is 32.1 Å². The van der Waals surface area contributed by atoms with E-state index in [9.17, 15) is 8.78 Å². The summed E-state index contributed by atoms with van der Waals surface area (Å²) in [6.45, 7) is 1.18. The highest BCUT2D eigenvalue weighted by Gasteiger charge is 2.08. The van der Waals surface area contributed by atoms with Crippen molar-refractivity contribution < 1.29 is 23.4 Å². The van der Waals surface area contributed by atoms with Gasteiger partial charge in [0.05, 0.1) is 13.2 Å². The molecule has 0 radical (unpaired) electrons. The Morgan fingerprint density at radius 1 is 0.800 bits per heavy atom. The third kappa shape index (κ3) is 6.70. The quantitative estimate of drug-likeness (QED) is 0.606. The van der Waals surface area contributed by atoms with E-state index in [1.807, 2.05) is 24.3 Å². The number of hydrogen-bond acceptors (Lipinski definition) is 3. The molecule has 2 aromatic carbocycles. The fourth-order valence-corrected chi connectivity index (χ4v) is 2.38. The van der Waals surface area contributed by atoms with Crippen LogP contribution in [0.5, 0.6) is 11.5 Å². The summed E-state index contributed by atoms with van der Waals surface area (Å²) in [6, 6.07) is 11.6. The lowest BCUT2D eigenvalue weighted by atomic mass is 10.1. The predicted molar refractivity (Wildman–Crippen MR) is 93.0 cm³/mol. The Labute approximate surface area is 147 Å². The van der Waals surface area contributed by atoms with Crippen LogP contribution in [0.3, 0.4) is 0 Å². The largest absolute Gasteiger partial charge is 0.494 e. The Hall–Kier alpha value is -2.14. The number of aliphatic hydroxyl groups is 1. The van der Waals surface area contributed by atoms with Gasteiger partial charge in [0.1, 0.15) is 5.75 Å². The van der Waals surface area contributed by atoms with E-state index in [1.165, 1.54) is 12.1 Å². The Balaban J connectivity index is 1.69. The Kier molecular flexibility index (Phi) is 8.19. The van der Waals surface area contributed by atoms with Crippen molar-refractivity contribution in [3.8, 4) is 11.5 Å². The minimum atomic E-state index is -0.953. The van der Waals surface area contributed by atoms with Crippen LogP contribution in [0, 0.1) is 11.6 Å². The molecular formula is C20H24F2O3. The van der Waals surface area contributed by atoms with Crippen molar-refractivity contribution in [3.63, 3.8) is 0 Å². The van der Waals surface area contributed by atoms with Crippen molar-refractivity contribution >= 4 is 0 Å². The number of halogens is 2. The van der Waals surface area contributed by atoms with E-state index in [2.05, 4.69) is 0 Å². The van der Waals surface area contributed by atoms with Crippen LogP contribution in [-0.4, -0.2) is 24.9 Å². The van der Waals surface area contributed by atoms with E-state index in [1.54, 1.807) is 0 Å².